The Morgan fingerprint density at radius 2 is 2.03 bits per heavy atom. The van der Waals surface area contributed by atoms with Crippen LogP contribution in [0.2, 0.25) is 0 Å². The predicted molar refractivity (Wildman–Crippen MR) is 118 cm³/mol. The Morgan fingerprint density at radius 3 is 2.70 bits per heavy atom. The molecule has 4 aromatic rings. The molecule has 12 heteroatoms. The van der Waals surface area contributed by atoms with E-state index < -0.39 is 5.91 Å². The SMILES string of the molecule is CCOc1ccc(-c2c(C(=O)N/N=C(/C)c3cccc(O)c3)nnn2-c2nonc2N)cc1. The molecule has 4 N–H and O–H groups in total. The van der Waals surface area contributed by atoms with Gasteiger partial charge in [-0.05, 0) is 60.6 Å². The van der Waals surface area contributed by atoms with Gasteiger partial charge in [0.05, 0.1) is 12.3 Å². The number of aromatic hydroxyl groups is 1. The van der Waals surface area contributed by atoms with Crippen molar-refractivity contribution >= 4 is 17.4 Å². The number of aromatic nitrogens is 5. The van der Waals surface area contributed by atoms with Crippen LogP contribution in [-0.2, 0) is 0 Å². The number of ether oxygens (including phenoxy) is 1. The molecule has 0 bridgehead atoms. The second kappa shape index (κ2) is 9.18. The summed E-state index contributed by atoms with van der Waals surface area (Å²) in [5.74, 6) is 0.217. The zero-order valence-corrected chi connectivity index (χ0v) is 17.8. The monoisotopic (exact) mass is 448 g/mol. The minimum atomic E-state index is -0.611. The fraction of sp³-hybridized carbons (Fsp3) is 0.143. The fourth-order valence-corrected chi connectivity index (χ4v) is 3.04. The maximum Gasteiger partial charge on any atom is 0.294 e. The smallest absolute Gasteiger partial charge is 0.294 e. The first-order chi connectivity index (χ1) is 16.0. The molecule has 1 amide bonds. The van der Waals surface area contributed by atoms with Gasteiger partial charge in [-0.2, -0.15) is 9.78 Å². The number of phenols is 1. The molecular weight excluding hydrogens is 428 g/mol. The van der Waals surface area contributed by atoms with Crippen molar-refractivity contribution in [3.05, 3.63) is 59.8 Å². The third-order valence-corrected chi connectivity index (χ3v) is 4.61. The number of benzene rings is 2. The molecule has 2 aromatic carbocycles. The summed E-state index contributed by atoms with van der Waals surface area (Å²) in [6, 6.07) is 13.5. The van der Waals surface area contributed by atoms with Gasteiger partial charge in [-0.15, -0.1) is 5.10 Å². The summed E-state index contributed by atoms with van der Waals surface area (Å²) in [5.41, 5.74) is 10.3. The van der Waals surface area contributed by atoms with Gasteiger partial charge in [-0.3, -0.25) is 4.79 Å². The Labute approximate surface area is 187 Å². The van der Waals surface area contributed by atoms with Gasteiger partial charge in [0.25, 0.3) is 5.91 Å². The average molecular weight is 448 g/mol. The van der Waals surface area contributed by atoms with Crippen molar-refractivity contribution < 1.29 is 19.3 Å². The molecule has 0 radical (unpaired) electrons. The molecule has 0 saturated heterocycles. The zero-order valence-electron chi connectivity index (χ0n) is 17.8. The Bertz CT molecular complexity index is 1310. The van der Waals surface area contributed by atoms with Gasteiger partial charge < -0.3 is 15.6 Å². The number of anilines is 1. The van der Waals surface area contributed by atoms with E-state index in [1.807, 2.05) is 6.92 Å². The highest BCUT2D eigenvalue weighted by atomic mass is 16.6. The number of carbonyl (C=O) groups excluding carboxylic acids is 1. The van der Waals surface area contributed by atoms with Crippen molar-refractivity contribution in [1.82, 2.24) is 30.7 Å². The zero-order chi connectivity index (χ0) is 23.4. The molecule has 0 aliphatic heterocycles. The average Bonchev–Trinajstić information content (AvgIpc) is 3.44. The lowest BCUT2D eigenvalue weighted by Gasteiger charge is -2.08. The van der Waals surface area contributed by atoms with E-state index in [0.29, 0.717) is 34.9 Å². The molecule has 168 valence electrons. The number of nitrogens with zero attached hydrogens (tertiary/aromatic N) is 6. The molecule has 0 aliphatic rings. The standard InChI is InChI=1S/C21H20N8O4/c1-3-32-16-9-7-13(8-10-16)18-17(24-28-29(18)20-19(22)26-33-27-20)21(31)25-23-12(2)14-5-4-6-15(30)11-14/h4-11,30H,3H2,1-2H3,(H2,22,26)(H,25,31)/b23-12-. The molecule has 33 heavy (non-hydrogen) atoms. The van der Waals surface area contributed by atoms with Gasteiger partial charge in [-0.25, -0.2) is 10.1 Å². The summed E-state index contributed by atoms with van der Waals surface area (Å²) in [5, 5.41) is 29.1. The number of carbonyl (C=O) groups is 1. The summed E-state index contributed by atoms with van der Waals surface area (Å²) in [6.45, 7) is 4.10. The summed E-state index contributed by atoms with van der Waals surface area (Å²) < 4.78 is 11.4. The quantitative estimate of drug-likeness (QED) is 0.283. The third kappa shape index (κ3) is 4.49. The summed E-state index contributed by atoms with van der Waals surface area (Å²) in [7, 11) is 0. The van der Waals surface area contributed by atoms with Crippen LogP contribution >= 0.6 is 0 Å². The van der Waals surface area contributed by atoms with E-state index in [1.54, 1.807) is 49.4 Å². The van der Waals surface area contributed by atoms with Gasteiger partial charge in [-0.1, -0.05) is 17.3 Å². The van der Waals surface area contributed by atoms with Gasteiger partial charge in [0.2, 0.25) is 11.6 Å². The number of nitrogens with two attached hydrogens (primary N) is 1. The van der Waals surface area contributed by atoms with Gasteiger partial charge in [0.1, 0.15) is 17.2 Å². The van der Waals surface area contributed by atoms with Crippen LogP contribution in [0.15, 0.2) is 58.3 Å². The van der Waals surface area contributed by atoms with Crippen molar-refractivity contribution in [2.75, 3.05) is 12.3 Å². The second-order valence-electron chi connectivity index (χ2n) is 6.82. The Kier molecular flexibility index (Phi) is 5.98. The summed E-state index contributed by atoms with van der Waals surface area (Å²) in [6.07, 6.45) is 0. The van der Waals surface area contributed by atoms with Crippen LogP contribution < -0.4 is 15.9 Å². The van der Waals surface area contributed by atoms with Crippen LogP contribution in [0.1, 0.15) is 29.9 Å². The van der Waals surface area contributed by atoms with E-state index in [1.165, 1.54) is 10.7 Å². The van der Waals surface area contributed by atoms with Crippen molar-refractivity contribution in [1.29, 1.82) is 0 Å². The number of hydrazone groups is 1. The van der Waals surface area contributed by atoms with Crippen molar-refractivity contribution in [3.8, 4) is 28.6 Å². The van der Waals surface area contributed by atoms with Crippen LogP contribution in [-0.4, -0.2) is 48.6 Å². The lowest BCUT2D eigenvalue weighted by Crippen LogP contribution is -2.21. The molecule has 0 atom stereocenters. The number of nitrogens with one attached hydrogen (secondary N) is 1. The Morgan fingerprint density at radius 1 is 1.24 bits per heavy atom. The van der Waals surface area contributed by atoms with Crippen LogP contribution in [0.5, 0.6) is 11.5 Å². The molecule has 0 unspecified atom stereocenters. The number of nitrogen functional groups attached to an aromatic ring is 1. The van der Waals surface area contributed by atoms with E-state index >= 15 is 0 Å². The second-order valence-corrected chi connectivity index (χ2v) is 6.82. The van der Waals surface area contributed by atoms with Crippen molar-refractivity contribution in [2.24, 2.45) is 5.10 Å². The molecule has 2 heterocycles. The van der Waals surface area contributed by atoms with Gasteiger partial charge >= 0.3 is 0 Å². The largest absolute Gasteiger partial charge is 0.508 e. The molecule has 0 aliphatic carbocycles. The summed E-state index contributed by atoms with van der Waals surface area (Å²) >= 11 is 0. The Balaban J connectivity index is 1.70. The lowest BCUT2D eigenvalue weighted by molar-refractivity contribution is 0.0950. The highest BCUT2D eigenvalue weighted by Crippen LogP contribution is 2.28. The number of hydrogen-bond acceptors (Lipinski definition) is 10. The van der Waals surface area contributed by atoms with E-state index in [4.69, 9.17) is 10.5 Å². The molecule has 0 fully saturated rings. The topological polar surface area (TPSA) is 167 Å². The number of phenolic OH excluding ortho intramolecular Hbond substituents is 1. The predicted octanol–water partition coefficient (Wildman–Crippen LogP) is 2.16. The van der Waals surface area contributed by atoms with Gasteiger partial charge in [0, 0.05) is 11.1 Å². The molecule has 0 spiro atoms. The van der Waals surface area contributed by atoms with Crippen molar-refractivity contribution in [3.63, 3.8) is 0 Å². The number of rotatable bonds is 7. The summed E-state index contributed by atoms with van der Waals surface area (Å²) in [4.78, 5) is 13.0. The minimum Gasteiger partial charge on any atom is -0.508 e. The highest BCUT2D eigenvalue weighted by Gasteiger charge is 2.25. The molecule has 2 aromatic heterocycles. The molecular formula is C21H20N8O4. The third-order valence-electron chi connectivity index (χ3n) is 4.61. The van der Waals surface area contributed by atoms with Crippen LogP contribution in [0.3, 0.4) is 0 Å². The van der Waals surface area contributed by atoms with Crippen molar-refractivity contribution in [2.45, 2.75) is 13.8 Å². The first kappa shape index (κ1) is 21.5. The lowest BCUT2D eigenvalue weighted by atomic mass is 10.1. The highest BCUT2D eigenvalue weighted by molar-refractivity contribution is 6.02. The van der Waals surface area contributed by atoms with Crippen LogP contribution in [0.4, 0.5) is 5.82 Å². The minimum absolute atomic E-state index is 0.0169. The maximum atomic E-state index is 13.0. The Hall–Kier alpha value is -4.74. The molecule has 12 nitrogen and oxygen atoms in total. The molecule has 4 rings (SSSR count). The number of hydrogen-bond donors (Lipinski definition) is 3. The van der Waals surface area contributed by atoms with E-state index in [0.717, 1.165) is 0 Å². The van der Waals surface area contributed by atoms with E-state index in [-0.39, 0.29) is 23.1 Å². The van der Waals surface area contributed by atoms with Crippen LogP contribution in [0, 0.1) is 0 Å². The number of amides is 1. The molecule has 0 saturated carbocycles. The van der Waals surface area contributed by atoms with Gasteiger partial charge in [0.15, 0.2) is 5.69 Å². The maximum absolute atomic E-state index is 13.0. The van der Waals surface area contributed by atoms with Crippen LogP contribution in [0.25, 0.3) is 17.1 Å². The normalized spacial score (nSPS) is 11.4. The van der Waals surface area contributed by atoms with E-state index in [2.05, 4.69) is 35.8 Å². The van der Waals surface area contributed by atoms with E-state index in [9.17, 15) is 9.90 Å². The first-order valence-corrected chi connectivity index (χ1v) is 9.89. The fourth-order valence-electron chi connectivity index (χ4n) is 3.04. The first-order valence-electron chi connectivity index (χ1n) is 9.89.